The number of Topliss-reactive ketones (excluding diaryl/α,β-unsaturated/α-hetero) is 1. The molecule has 0 aliphatic heterocycles. The van der Waals surface area contributed by atoms with Gasteiger partial charge in [0.15, 0.2) is 5.78 Å². The van der Waals surface area contributed by atoms with Crippen LogP contribution in [0.15, 0.2) is 0 Å². The number of hydrogen-bond acceptors (Lipinski definition) is 4. The third-order valence-corrected chi connectivity index (χ3v) is 5.87. The maximum Gasteiger partial charge on any atom is 0.178 e. The van der Waals surface area contributed by atoms with Crippen LogP contribution in [0.4, 0.5) is 10.7 Å². The van der Waals surface area contributed by atoms with Crippen LogP contribution in [0.3, 0.4) is 0 Å². The summed E-state index contributed by atoms with van der Waals surface area (Å²) in [6.45, 7) is 6.69. The molecule has 2 aliphatic carbocycles. The number of carbonyl (C=O) groups is 1. The number of carbonyl (C=O) groups excluding carboxylic acids is 1. The largest absolute Gasteiger partial charge is 0.397 e. The number of nitrogen functional groups attached to an aromatic ring is 1. The van der Waals surface area contributed by atoms with Crippen molar-refractivity contribution in [3.05, 3.63) is 10.4 Å². The zero-order valence-electron chi connectivity index (χ0n) is 13.2. The number of anilines is 2. The van der Waals surface area contributed by atoms with Gasteiger partial charge in [-0.1, -0.05) is 20.8 Å². The van der Waals surface area contributed by atoms with Gasteiger partial charge >= 0.3 is 0 Å². The summed E-state index contributed by atoms with van der Waals surface area (Å²) in [4.78, 5) is 13.2. The second kappa shape index (κ2) is 5.64. The van der Waals surface area contributed by atoms with E-state index in [1.54, 1.807) is 11.3 Å². The number of thiophene rings is 1. The number of ketones is 1. The Hall–Kier alpha value is -1.03. The van der Waals surface area contributed by atoms with Crippen molar-refractivity contribution >= 4 is 27.8 Å². The van der Waals surface area contributed by atoms with E-state index in [4.69, 9.17) is 5.73 Å². The SMILES string of the molecule is CCC(Nc1sc(C(=O)C2CC2)c(N)c1C1CC1)C(C)C. The van der Waals surface area contributed by atoms with Crippen molar-refractivity contribution in [2.45, 2.75) is 64.8 Å². The second-order valence-corrected chi connectivity index (χ2v) is 7.92. The van der Waals surface area contributed by atoms with E-state index < -0.39 is 0 Å². The molecule has 0 radical (unpaired) electrons. The van der Waals surface area contributed by atoms with Crippen LogP contribution in [0.25, 0.3) is 0 Å². The van der Waals surface area contributed by atoms with Crippen LogP contribution in [0.5, 0.6) is 0 Å². The highest BCUT2D eigenvalue weighted by atomic mass is 32.1. The van der Waals surface area contributed by atoms with E-state index in [0.29, 0.717) is 17.9 Å². The Morgan fingerprint density at radius 1 is 1.33 bits per heavy atom. The average molecular weight is 306 g/mol. The standard InChI is InChI=1S/C17H26N2OS/c1-4-12(9(2)3)19-17-13(10-5-6-10)14(18)16(21-17)15(20)11-7-8-11/h9-12,19H,4-8,18H2,1-3H3. The third-order valence-electron chi connectivity index (χ3n) is 4.70. The van der Waals surface area contributed by atoms with E-state index >= 15 is 0 Å². The summed E-state index contributed by atoms with van der Waals surface area (Å²) >= 11 is 1.61. The van der Waals surface area contributed by atoms with Crippen molar-refractivity contribution in [2.75, 3.05) is 11.1 Å². The molecule has 116 valence electrons. The summed E-state index contributed by atoms with van der Waals surface area (Å²) in [5.41, 5.74) is 8.37. The maximum absolute atomic E-state index is 12.4. The van der Waals surface area contributed by atoms with E-state index in [1.807, 2.05) is 0 Å². The molecule has 1 atom stereocenters. The normalized spacial score (nSPS) is 19.8. The van der Waals surface area contributed by atoms with E-state index in [9.17, 15) is 4.79 Å². The molecule has 0 aromatic carbocycles. The zero-order chi connectivity index (χ0) is 15.1. The topological polar surface area (TPSA) is 55.1 Å². The number of nitrogens with two attached hydrogens (primary N) is 1. The molecule has 0 amide bonds. The Morgan fingerprint density at radius 2 is 2.00 bits per heavy atom. The van der Waals surface area contributed by atoms with Crippen molar-refractivity contribution in [2.24, 2.45) is 11.8 Å². The van der Waals surface area contributed by atoms with Gasteiger partial charge in [0.25, 0.3) is 0 Å². The van der Waals surface area contributed by atoms with Gasteiger partial charge in [0.05, 0.1) is 15.6 Å². The molecule has 3 nitrogen and oxygen atoms in total. The zero-order valence-corrected chi connectivity index (χ0v) is 14.1. The fourth-order valence-corrected chi connectivity index (χ4v) is 4.25. The first-order valence-electron chi connectivity index (χ1n) is 8.25. The molecule has 0 bridgehead atoms. The molecule has 1 unspecified atom stereocenters. The van der Waals surface area contributed by atoms with Gasteiger partial charge in [0.1, 0.15) is 0 Å². The highest BCUT2D eigenvalue weighted by Gasteiger charge is 2.37. The molecule has 1 heterocycles. The Kier molecular flexibility index (Phi) is 4.00. The molecule has 2 saturated carbocycles. The van der Waals surface area contributed by atoms with Gasteiger partial charge in [-0.2, -0.15) is 0 Å². The first-order valence-corrected chi connectivity index (χ1v) is 9.07. The van der Waals surface area contributed by atoms with Gasteiger partial charge in [-0.15, -0.1) is 11.3 Å². The molecule has 4 heteroatoms. The Bertz CT molecular complexity index is 541. The molecule has 3 rings (SSSR count). The predicted molar refractivity (Wildman–Crippen MR) is 90.3 cm³/mol. The smallest absolute Gasteiger partial charge is 0.178 e. The van der Waals surface area contributed by atoms with Crippen LogP contribution in [0.2, 0.25) is 0 Å². The molecule has 2 aliphatic rings. The monoisotopic (exact) mass is 306 g/mol. The summed E-state index contributed by atoms with van der Waals surface area (Å²) in [6, 6.07) is 0.449. The Morgan fingerprint density at radius 3 is 2.48 bits per heavy atom. The second-order valence-electron chi connectivity index (χ2n) is 6.90. The molecule has 1 aromatic rings. The van der Waals surface area contributed by atoms with Gasteiger partial charge in [-0.05, 0) is 43.9 Å². The summed E-state index contributed by atoms with van der Waals surface area (Å²) in [5.74, 6) is 1.69. The summed E-state index contributed by atoms with van der Waals surface area (Å²) in [7, 11) is 0. The van der Waals surface area contributed by atoms with Gasteiger partial charge in [-0.3, -0.25) is 4.79 Å². The van der Waals surface area contributed by atoms with Crippen LogP contribution in [-0.4, -0.2) is 11.8 Å². The van der Waals surface area contributed by atoms with E-state index in [2.05, 4.69) is 26.1 Å². The molecule has 3 N–H and O–H groups in total. The molecule has 0 spiro atoms. The Balaban J connectivity index is 1.90. The molecule has 2 fully saturated rings. The van der Waals surface area contributed by atoms with E-state index in [0.717, 1.165) is 29.8 Å². The van der Waals surface area contributed by atoms with Crippen molar-refractivity contribution in [3.8, 4) is 0 Å². The van der Waals surface area contributed by atoms with Crippen molar-refractivity contribution in [1.29, 1.82) is 0 Å². The quantitative estimate of drug-likeness (QED) is 0.721. The fourth-order valence-electron chi connectivity index (χ4n) is 2.96. The summed E-state index contributed by atoms with van der Waals surface area (Å²) < 4.78 is 0. The van der Waals surface area contributed by atoms with E-state index in [-0.39, 0.29) is 11.7 Å². The van der Waals surface area contributed by atoms with Gasteiger partial charge in [0, 0.05) is 17.5 Å². The minimum absolute atomic E-state index is 0.248. The molecular weight excluding hydrogens is 280 g/mol. The molecular formula is C17H26N2OS. The number of nitrogens with one attached hydrogen (secondary N) is 1. The third kappa shape index (κ3) is 2.96. The highest BCUT2D eigenvalue weighted by molar-refractivity contribution is 7.19. The van der Waals surface area contributed by atoms with Gasteiger partial charge in [0.2, 0.25) is 0 Å². The molecule has 0 saturated heterocycles. The minimum Gasteiger partial charge on any atom is -0.397 e. The average Bonchev–Trinajstić information content (AvgIpc) is 3.33. The summed E-state index contributed by atoms with van der Waals surface area (Å²) in [6.07, 6.45) is 5.60. The fraction of sp³-hybridized carbons (Fsp3) is 0.706. The van der Waals surface area contributed by atoms with Gasteiger partial charge < -0.3 is 11.1 Å². The predicted octanol–water partition coefficient (Wildman–Crippen LogP) is 4.65. The van der Waals surface area contributed by atoms with Crippen molar-refractivity contribution < 1.29 is 4.79 Å². The van der Waals surface area contributed by atoms with Crippen LogP contribution >= 0.6 is 11.3 Å². The minimum atomic E-state index is 0.248. The number of hydrogen-bond donors (Lipinski definition) is 2. The molecule has 1 aromatic heterocycles. The maximum atomic E-state index is 12.4. The van der Waals surface area contributed by atoms with Crippen LogP contribution in [0, 0.1) is 11.8 Å². The number of rotatable bonds is 7. The summed E-state index contributed by atoms with van der Waals surface area (Å²) in [5, 5.41) is 4.85. The first-order chi connectivity index (χ1) is 10.0. The lowest BCUT2D eigenvalue weighted by Crippen LogP contribution is -2.24. The lowest BCUT2D eigenvalue weighted by Gasteiger charge is -2.22. The van der Waals surface area contributed by atoms with Crippen molar-refractivity contribution in [1.82, 2.24) is 0 Å². The van der Waals surface area contributed by atoms with E-state index in [1.165, 1.54) is 23.4 Å². The van der Waals surface area contributed by atoms with Crippen LogP contribution in [0.1, 0.15) is 74.0 Å². The lowest BCUT2D eigenvalue weighted by atomic mass is 10.0. The van der Waals surface area contributed by atoms with Crippen LogP contribution < -0.4 is 11.1 Å². The lowest BCUT2D eigenvalue weighted by molar-refractivity contribution is 0.0972. The first kappa shape index (κ1) is 14.9. The van der Waals surface area contributed by atoms with Crippen molar-refractivity contribution in [3.63, 3.8) is 0 Å². The van der Waals surface area contributed by atoms with Gasteiger partial charge in [-0.25, -0.2) is 0 Å². The highest BCUT2D eigenvalue weighted by Crippen LogP contribution is 2.52. The van der Waals surface area contributed by atoms with Crippen LogP contribution in [-0.2, 0) is 0 Å². The Labute approximate surface area is 131 Å². The molecule has 21 heavy (non-hydrogen) atoms.